The zero-order valence-corrected chi connectivity index (χ0v) is 15.5. The van der Waals surface area contributed by atoms with Gasteiger partial charge in [0.2, 0.25) is 0 Å². The molecule has 2 aromatic rings. The van der Waals surface area contributed by atoms with Crippen LogP contribution in [0.2, 0.25) is 0 Å². The van der Waals surface area contributed by atoms with Gasteiger partial charge in [-0.1, -0.05) is 60.2 Å². The smallest absolute Gasteiger partial charge is 0.250 e. The van der Waals surface area contributed by atoms with Crippen LogP contribution in [0.25, 0.3) is 0 Å². The first-order chi connectivity index (χ1) is 12.7. The van der Waals surface area contributed by atoms with E-state index < -0.39 is 0 Å². The number of piperidine rings is 1. The molecule has 4 heteroatoms. The number of hydrogen-bond acceptors (Lipinski definition) is 3. The molecule has 0 radical (unpaired) electrons. The van der Waals surface area contributed by atoms with Gasteiger partial charge in [-0.2, -0.15) is 0 Å². The second kappa shape index (κ2) is 9.51. The Morgan fingerprint density at radius 3 is 2.54 bits per heavy atom. The molecule has 1 saturated heterocycles. The minimum Gasteiger partial charge on any atom is -0.317 e. The van der Waals surface area contributed by atoms with Crippen molar-refractivity contribution in [1.82, 2.24) is 10.4 Å². The van der Waals surface area contributed by atoms with Crippen molar-refractivity contribution in [3.05, 3.63) is 71.3 Å². The fraction of sp³-hybridized carbons (Fsp3) is 0.409. The van der Waals surface area contributed by atoms with Crippen molar-refractivity contribution in [2.75, 3.05) is 19.7 Å². The molecule has 2 aromatic carbocycles. The molecule has 0 aliphatic carbocycles. The van der Waals surface area contributed by atoms with Gasteiger partial charge in [0.25, 0.3) is 5.91 Å². The standard InChI is InChI=1S/C22H28N2O2/c1-18-6-5-9-21(14-18)16-24(26-17-20-10-12-23-13-11-20)22(25)15-19-7-3-2-4-8-19/h2-9,14,20,23H,10-13,15-17H2,1H3. The first kappa shape index (κ1) is 18.6. The number of hydrogen-bond donors (Lipinski definition) is 1. The monoisotopic (exact) mass is 352 g/mol. The van der Waals surface area contributed by atoms with Crippen molar-refractivity contribution in [3.8, 4) is 0 Å². The molecular weight excluding hydrogens is 324 g/mol. The van der Waals surface area contributed by atoms with E-state index in [1.807, 2.05) is 42.5 Å². The summed E-state index contributed by atoms with van der Waals surface area (Å²) in [4.78, 5) is 18.9. The van der Waals surface area contributed by atoms with Gasteiger partial charge in [-0.15, -0.1) is 0 Å². The fourth-order valence-corrected chi connectivity index (χ4v) is 3.28. The van der Waals surface area contributed by atoms with Crippen molar-refractivity contribution in [2.24, 2.45) is 5.92 Å². The van der Waals surface area contributed by atoms with Crippen molar-refractivity contribution in [2.45, 2.75) is 32.7 Å². The molecule has 0 aromatic heterocycles. The van der Waals surface area contributed by atoms with Gasteiger partial charge in [-0.05, 0) is 49.9 Å². The summed E-state index contributed by atoms with van der Waals surface area (Å²) in [6.45, 7) is 5.22. The number of hydroxylamine groups is 2. The Balaban J connectivity index is 1.66. The molecular formula is C22H28N2O2. The third kappa shape index (κ3) is 5.68. The highest BCUT2D eigenvalue weighted by atomic mass is 16.7. The van der Waals surface area contributed by atoms with Crippen molar-refractivity contribution >= 4 is 5.91 Å². The number of benzene rings is 2. The van der Waals surface area contributed by atoms with E-state index in [-0.39, 0.29) is 5.91 Å². The van der Waals surface area contributed by atoms with Crippen LogP contribution in [-0.2, 0) is 22.6 Å². The molecule has 1 aliphatic rings. The van der Waals surface area contributed by atoms with E-state index in [2.05, 4.69) is 24.4 Å². The Bertz CT molecular complexity index is 696. The number of carbonyl (C=O) groups excluding carboxylic acids is 1. The highest BCUT2D eigenvalue weighted by molar-refractivity contribution is 5.77. The molecule has 138 valence electrons. The molecule has 0 spiro atoms. The summed E-state index contributed by atoms with van der Waals surface area (Å²) in [6, 6.07) is 18.1. The van der Waals surface area contributed by atoms with Gasteiger partial charge < -0.3 is 5.32 Å². The molecule has 0 saturated carbocycles. The predicted octanol–water partition coefficient (Wildman–Crippen LogP) is 3.50. The van der Waals surface area contributed by atoms with Crippen LogP contribution in [0, 0.1) is 12.8 Å². The second-order valence-corrected chi connectivity index (χ2v) is 7.07. The maximum absolute atomic E-state index is 12.9. The molecule has 0 unspecified atom stereocenters. The van der Waals surface area contributed by atoms with Crippen LogP contribution in [-0.4, -0.2) is 30.7 Å². The Kier molecular flexibility index (Phi) is 6.81. The number of aryl methyl sites for hydroxylation is 1. The highest BCUT2D eigenvalue weighted by Crippen LogP contribution is 2.16. The summed E-state index contributed by atoms with van der Waals surface area (Å²) in [6.07, 6.45) is 2.56. The number of amides is 1. The molecule has 0 atom stereocenters. The molecule has 1 N–H and O–H groups in total. The Morgan fingerprint density at radius 1 is 1.08 bits per heavy atom. The van der Waals surface area contributed by atoms with E-state index in [4.69, 9.17) is 4.84 Å². The van der Waals surface area contributed by atoms with Crippen LogP contribution in [0.1, 0.15) is 29.5 Å². The first-order valence-electron chi connectivity index (χ1n) is 9.44. The van der Waals surface area contributed by atoms with Gasteiger partial charge >= 0.3 is 0 Å². The Labute approximate surface area is 156 Å². The maximum Gasteiger partial charge on any atom is 0.250 e. The average molecular weight is 352 g/mol. The first-order valence-corrected chi connectivity index (χ1v) is 9.44. The number of nitrogens with one attached hydrogen (secondary N) is 1. The minimum absolute atomic E-state index is 0.00615. The van der Waals surface area contributed by atoms with Crippen LogP contribution in [0.3, 0.4) is 0 Å². The van der Waals surface area contributed by atoms with E-state index in [9.17, 15) is 4.79 Å². The SMILES string of the molecule is Cc1cccc(CN(OCC2CCNCC2)C(=O)Cc2ccccc2)c1. The second-order valence-electron chi connectivity index (χ2n) is 7.07. The third-order valence-corrected chi connectivity index (χ3v) is 4.81. The average Bonchev–Trinajstić information content (AvgIpc) is 2.67. The largest absolute Gasteiger partial charge is 0.317 e. The van der Waals surface area contributed by atoms with Crippen LogP contribution >= 0.6 is 0 Å². The maximum atomic E-state index is 12.9. The summed E-state index contributed by atoms with van der Waals surface area (Å²) >= 11 is 0. The summed E-state index contributed by atoms with van der Waals surface area (Å²) < 4.78 is 0. The molecule has 1 amide bonds. The zero-order valence-electron chi connectivity index (χ0n) is 15.5. The summed E-state index contributed by atoms with van der Waals surface area (Å²) in [5.41, 5.74) is 3.30. The number of carbonyl (C=O) groups is 1. The molecule has 26 heavy (non-hydrogen) atoms. The lowest BCUT2D eigenvalue weighted by Gasteiger charge is -2.27. The molecule has 1 fully saturated rings. The Hall–Kier alpha value is -2.17. The van der Waals surface area contributed by atoms with Crippen LogP contribution in [0.5, 0.6) is 0 Å². The number of rotatable bonds is 7. The van der Waals surface area contributed by atoms with E-state index in [1.165, 1.54) is 5.56 Å². The van der Waals surface area contributed by atoms with E-state index in [0.29, 0.717) is 25.5 Å². The summed E-state index contributed by atoms with van der Waals surface area (Å²) in [5, 5.41) is 4.93. The number of nitrogens with zero attached hydrogens (tertiary/aromatic N) is 1. The van der Waals surface area contributed by atoms with E-state index in [1.54, 1.807) is 5.06 Å². The zero-order chi connectivity index (χ0) is 18.2. The molecule has 3 rings (SSSR count). The topological polar surface area (TPSA) is 41.6 Å². The van der Waals surface area contributed by atoms with Gasteiger partial charge in [0, 0.05) is 0 Å². The molecule has 1 heterocycles. The quantitative estimate of drug-likeness (QED) is 0.776. The fourth-order valence-electron chi connectivity index (χ4n) is 3.28. The lowest BCUT2D eigenvalue weighted by molar-refractivity contribution is -0.195. The lowest BCUT2D eigenvalue weighted by Crippen LogP contribution is -2.36. The van der Waals surface area contributed by atoms with Crippen LogP contribution < -0.4 is 5.32 Å². The van der Waals surface area contributed by atoms with Gasteiger partial charge in [-0.25, -0.2) is 5.06 Å². The van der Waals surface area contributed by atoms with E-state index >= 15 is 0 Å². The third-order valence-electron chi connectivity index (χ3n) is 4.81. The van der Waals surface area contributed by atoms with Gasteiger partial charge in [-0.3, -0.25) is 9.63 Å². The predicted molar refractivity (Wildman–Crippen MR) is 103 cm³/mol. The Morgan fingerprint density at radius 2 is 1.81 bits per heavy atom. The van der Waals surface area contributed by atoms with Gasteiger partial charge in [0.15, 0.2) is 0 Å². The minimum atomic E-state index is 0.00615. The van der Waals surface area contributed by atoms with E-state index in [0.717, 1.165) is 37.1 Å². The summed E-state index contributed by atoms with van der Waals surface area (Å²) in [7, 11) is 0. The highest BCUT2D eigenvalue weighted by Gasteiger charge is 2.19. The van der Waals surface area contributed by atoms with Crippen LogP contribution in [0.15, 0.2) is 54.6 Å². The normalized spacial score (nSPS) is 15.0. The van der Waals surface area contributed by atoms with Crippen molar-refractivity contribution in [1.29, 1.82) is 0 Å². The van der Waals surface area contributed by atoms with Gasteiger partial charge in [0.1, 0.15) is 0 Å². The lowest BCUT2D eigenvalue weighted by atomic mass is 10.00. The van der Waals surface area contributed by atoms with Gasteiger partial charge in [0.05, 0.1) is 19.6 Å². The molecule has 1 aliphatic heterocycles. The van der Waals surface area contributed by atoms with Crippen molar-refractivity contribution < 1.29 is 9.63 Å². The summed E-state index contributed by atoms with van der Waals surface area (Å²) in [5.74, 6) is 0.521. The van der Waals surface area contributed by atoms with Crippen molar-refractivity contribution in [3.63, 3.8) is 0 Å². The van der Waals surface area contributed by atoms with Crippen LogP contribution in [0.4, 0.5) is 0 Å². The molecule has 4 nitrogen and oxygen atoms in total. The molecule has 0 bridgehead atoms.